The molecule has 2 rings (SSSR count). The maximum atomic E-state index is 4.22. The Bertz CT molecular complexity index is 475. The summed E-state index contributed by atoms with van der Waals surface area (Å²) in [6.45, 7) is 3.89. The van der Waals surface area contributed by atoms with Crippen molar-refractivity contribution in [2.75, 3.05) is 5.43 Å². The second-order valence-electron chi connectivity index (χ2n) is 2.82. The van der Waals surface area contributed by atoms with Crippen molar-refractivity contribution in [3.8, 4) is 0 Å². The van der Waals surface area contributed by atoms with Crippen LogP contribution in [0, 0.1) is 6.92 Å². The zero-order valence-corrected chi connectivity index (χ0v) is 8.80. The third-order valence-corrected chi connectivity index (χ3v) is 2.92. The van der Waals surface area contributed by atoms with Crippen molar-refractivity contribution in [2.45, 2.75) is 13.8 Å². The Morgan fingerprint density at radius 1 is 1.50 bits per heavy atom. The second kappa shape index (κ2) is 3.71. The molecule has 0 unspecified atom stereocenters. The lowest BCUT2D eigenvalue weighted by molar-refractivity contribution is 1.18. The van der Waals surface area contributed by atoms with Gasteiger partial charge < -0.3 is 0 Å². The first kappa shape index (κ1) is 9.08. The molecule has 0 saturated carbocycles. The molecule has 0 amide bonds. The van der Waals surface area contributed by atoms with Crippen molar-refractivity contribution in [3.05, 3.63) is 17.3 Å². The number of rotatable bonds is 2. The minimum atomic E-state index is 0.770. The Kier molecular flexibility index (Phi) is 2.41. The molecule has 0 aromatic carbocycles. The molecule has 2 aromatic rings. The van der Waals surface area contributed by atoms with E-state index in [1.54, 1.807) is 23.9 Å². The molecule has 0 spiro atoms. The average Bonchev–Trinajstić information content (AvgIpc) is 2.58. The fourth-order valence-electron chi connectivity index (χ4n) is 1.17. The molecule has 0 fully saturated rings. The summed E-state index contributed by atoms with van der Waals surface area (Å²) in [6, 6.07) is 0. The molecular formula is C9H10N4S. The van der Waals surface area contributed by atoms with Crippen LogP contribution in [0.25, 0.3) is 10.2 Å². The number of aryl methyl sites for hydroxylation is 1. The first-order chi connectivity index (χ1) is 6.83. The highest BCUT2D eigenvalue weighted by molar-refractivity contribution is 7.17. The van der Waals surface area contributed by atoms with Crippen LogP contribution in [0.5, 0.6) is 0 Å². The van der Waals surface area contributed by atoms with E-state index in [0.717, 1.165) is 16.0 Å². The van der Waals surface area contributed by atoms with E-state index in [-0.39, 0.29) is 0 Å². The molecule has 72 valence electrons. The van der Waals surface area contributed by atoms with Gasteiger partial charge >= 0.3 is 0 Å². The Hall–Kier alpha value is -1.49. The fourth-order valence-corrected chi connectivity index (χ4v) is 2.12. The summed E-state index contributed by atoms with van der Waals surface area (Å²) in [7, 11) is 0. The third-order valence-electron chi connectivity index (χ3n) is 1.83. The smallest absolute Gasteiger partial charge is 0.167 e. The van der Waals surface area contributed by atoms with E-state index in [4.69, 9.17) is 0 Å². The lowest BCUT2D eigenvalue weighted by atomic mass is 10.3. The summed E-state index contributed by atoms with van der Waals surface area (Å²) in [5.41, 5.74) is 5.06. The molecule has 0 aliphatic rings. The van der Waals surface area contributed by atoms with Crippen LogP contribution >= 0.6 is 11.3 Å². The van der Waals surface area contributed by atoms with Crippen LogP contribution in [-0.2, 0) is 0 Å². The SMILES string of the molecule is C/C=N/Nc1ncnc2c(C)csc12. The molecule has 14 heavy (non-hydrogen) atoms. The summed E-state index contributed by atoms with van der Waals surface area (Å²) in [5, 5.41) is 6.01. The number of nitrogens with one attached hydrogen (secondary N) is 1. The fraction of sp³-hybridized carbons (Fsp3) is 0.222. The molecule has 0 aliphatic heterocycles. The van der Waals surface area contributed by atoms with E-state index in [1.807, 2.05) is 13.8 Å². The molecule has 0 aliphatic carbocycles. The monoisotopic (exact) mass is 206 g/mol. The van der Waals surface area contributed by atoms with Crippen molar-refractivity contribution in [1.29, 1.82) is 0 Å². The van der Waals surface area contributed by atoms with Gasteiger partial charge in [-0.2, -0.15) is 5.10 Å². The van der Waals surface area contributed by atoms with Gasteiger partial charge in [-0.1, -0.05) is 0 Å². The normalized spacial score (nSPS) is 11.3. The van der Waals surface area contributed by atoms with E-state index < -0.39 is 0 Å². The van der Waals surface area contributed by atoms with E-state index in [1.165, 1.54) is 5.56 Å². The maximum absolute atomic E-state index is 4.22. The quantitative estimate of drug-likeness (QED) is 0.606. The Balaban J connectivity index is 2.54. The van der Waals surface area contributed by atoms with Crippen LogP contribution in [-0.4, -0.2) is 16.2 Å². The molecule has 0 radical (unpaired) electrons. The van der Waals surface area contributed by atoms with Crippen LogP contribution < -0.4 is 5.43 Å². The van der Waals surface area contributed by atoms with Gasteiger partial charge in [0.25, 0.3) is 0 Å². The maximum Gasteiger partial charge on any atom is 0.167 e. The number of hydrogen-bond acceptors (Lipinski definition) is 5. The number of fused-ring (bicyclic) bond motifs is 1. The van der Waals surface area contributed by atoms with Gasteiger partial charge in [0.1, 0.15) is 6.33 Å². The predicted molar refractivity (Wildman–Crippen MR) is 59.9 cm³/mol. The highest BCUT2D eigenvalue weighted by Gasteiger charge is 2.06. The van der Waals surface area contributed by atoms with Gasteiger partial charge in [-0.15, -0.1) is 11.3 Å². The van der Waals surface area contributed by atoms with Crippen molar-refractivity contribution in [2.24, 2.45) is 5.10 Å². The number of nitrogens with zero attached hydrogens (tertiary/aromatic N) is 3. The molecule has 0 saturated heterocycles. The van der Waals surface area contributed by atoms with Gasteiger partial charge in [0.2, 0.25) is 0 Å². The first-order valence-electron chi connectivity index (χ1n) is 4.25. The summed E-state index contributed by atoms with van der Waals surface area (Å²) in [6.07, 6.45) is 3.24. The number of thiophene rings is 1. The lowest BCUT2D eigenvalue weighted by Crippen LogP contribution is -1.92. The van der Waals surface area contributed by atoms with Crippen LogP contribution in [0.2, 0.25) is 0 Å². The summed E-state index contributed by atoms with van der Waals surface area (Å²) in [5.74, 6) is 0.770. The second-order valence-corrected chi connectivity index (χ2v) is 3.70. The van der Waals surface area contributed by atoms with Gasteiger partial charge in [0.05, 0.1) is 10.2 Å². The summed E-state index contributed by atoms with van der Waals surface area (Å²) < 4.78 is 1.05. The van der Waals surface area contributed by atoms with E-state index in [0.29, 0.717) is 0 Å². The highest BCUT2D eigenvalue weighted by atomic mass is 32.1. The number of hydrazone groups is 1. The largest absolute Gasteiger partial charge is 0.260 e. The van der Waals surface area contributed by atoms with Crippen molar-refractivity contribution in [3.63, 3.8) is 0 Å². The van der Waals surface area contributed by atoms with Gasteiger partial charge in [0.15, 0.2) is 5.82 Å². The molecule has 2 heterocycles. The van der Waals surface area contributed by atoms with Crippen molar-refractivity contribution < 1.29 is 0 Å². The molecule has 4 nitrogen and oxygen atoms in total. The molecule has 5 heteroatoms. The van der Waals surface area contributed by atoms with E-state index in [9.17, 15) is 0 Å². The molecule has 2 aromatic heterocycles. The minimum absolute atomic E-state index is 0.770. The average molecular weight is 206 g/mol. The van der Waals surface area contributed by atoms with Crippen LogP contribution in [0.3, 0.4) is 0 Å². The molecular weight excluding hydrogens is 196 g/mol. The van der Waals surface area contributed by atoms with Crippen LogP contribution in [0.1, 0.15) is 12.5 Å². The first-order valence-corrected chi connectivity index (χ1v) is 5.13. The van der Waals surface area contributed by atoms with E-state index in [2.05, 4.69) is 25.9 Å². The van der Waals surface area contributed by atoms with Crippen molar-refractivity contribution in [1.82, 2.24) is 9.97 Å². The zero-order chi connectivity index (χ0) is 9.97. The topological polar surface area (TPSA) is 50.2 Å². The third kappa shape index (κ3) is 1.46. The van der Waals surface area contributed by atoms with Crippen LogP contribution in [0.4, 0.5) is 5.82 Å². The molecule has 0 bridgehead atoms. The van der Waals surface area contributed by atoms with Gasteiger partial charge in [-0.3, -0.25) is 5.43 Å². The number of anilines is 1. The van der Waals surface area contributed by atoms with E-state index >= 15 is 0 Å². The Morgan fingerprint density at radius 3 is 3.14 bits per heavy atom. The van der Waals surface area contributed by atoms with Gasteiger partial charge in [-0.05, 0) is 24.8 Å². The molecule has 0 atom stereocenters. The molecule has 1 N–H and O–H groups in total. The lowest BCUT2D eigenvalue weighted by Gasteiger charge is -1.99. The van der Waals surface area contributed by atoms with Gasteiger partial charge in [0, 0.05) is 6.21 Å². The van der Waals surface area contributed by atoms with Crippen LogP contribution in [0.15, 0.2) is 16.8 Å². The number of aromatic nitrogens is 2. The summed E-state index contributed by atoms with van der Waals surface area (Å²) >= 11 is 1.63. The minimum Gasteiger partial charge on any atom is -0.260 e. The predicted octanol–water partition coefficient (Wildman–Crippen LogP) is 2.42. The Labute approximate surface area is 85.7 Å². The zero-order valence-electron chi connectivity index (χ0n) is 7.98. The summed E-state index contributed by atoms with van der Waals surface area (Å²) in [4.78, 5) is 8.35. The van der Waals surface area contributed by atoms with Gasteiger partial charge in [-0.25, -0.2) is 9.97 Å². The Morgan fingerprint density at radius 2 is 2.36 bits per heavy atom. The number of hydrogen-bond donors (Lipinski definition) is 1. The standard InChI is InChI=1S/C9H10N4S/c1-3-12-13-9-8-7(10-5-11-9)6(2)4-14-8/h3-5H,1-2H3,(H,10,11,13)/b12-3+. The van der Waals surface area contributed by atoms with Crippen molar-refractivity contribution >= 4 is 33.6 Å². The highest BCUT2D eigenvalue weighted by Crippen LogP contribution is 2.28.